The largest absolute Gasteiger partial charge is 0.490 e. The van der Waals surface area contributed by atoms with Crippen molar-refractivity contribution in [2.45, 2.75) is 13.0 Å². The molecule has 2 aromatic rings. The lowest BCUT2D eigenvalue weighted by Crippen LogP contribution is -2.12. The summed E-state index contributed by atoms with van der Waals surface area (Å²) in [6.07, 6.45) is -0.844. The lowest BCUT2D eigenvalue weighted by Gasteiger charge is -2.15. The molecule has 0 heterocycles. The normalized spacial score (nSPS) is 12.2. The van der Waals surface area contributed by atoms with E-state index in [0.717, 1.165) is 5.56 Å². The van der Waals surface area contributed by atoms with Crippen molar-refractivity contribution in [1.29, 1.82) is 0 Å². The molecule has 3 nitrogen and oxygen atoms in total. The van der Waals surface area contributed by atoms with E-state index >= 15 is 0 Å². The number of nitrogens with two attached hydrogens (primary N) is 1. The number of anilines is 1. The molecule has 0 spiro atoms. The zero-order chi connectivity index (χ0) is 13.8. The van der Waals surface area contributed by atoms with Gasteiger partial charge in [-0.25, -0.2) is 4.39 Å². The third-order valence-electron chi connectivity index (χ3n) is 2.90. The molecule has 0 radical (unpaired) electrons. The van der Waals surface area contributed by atoms with Crippen LogP contribution in [0.15, 0.2) is 42.5 Å². The van der Waals surface area contributed by atoms with E-state index in [2.05, 4.69) is 0 Å². The first kappa shape index (κ1) is 13.4. The summed E-state index contributed by atoms with van der Waals surface area (Å²) >= 11 is 0. The van der Waals surface area contributed by atoms with Crippen molar-refractivity contribution in [2.24, 2.45) is 0 Å². The minimum atomic E-state index is -0.844. The maximum Gasteiger partial charge on any atom is 0.126 e. The van der Waals surface area contributed by atoms with Crippen molar-refractivity contribution < 1.29 is 14.2 Å². The number of nitrogen functional groups attached to an aromatic ring is 1. The lowest BCUT2D eigenvalue weighted by molar-refractivity contribution is 0.108. The van der Waals surface area contributed by atoms with Crippen LogP contribution in [0, 0.1) is 12.7 Å². The molecule has 100 valence electrons. The van der Waals surface area contributed by atoms with Crippen LogP contribution in [0.2, 0.25) is 0 Å². The molecule has 4 heteroatoms. The molecule has 19 heavy (non-hydrogen) atoms. The Morgan fingerprint density at radius 1 is 1.26 bits per heavy atom. The maximum atomic E-state index is 13.1. The minimum Gasteiger partial charge on any atom is -0.490 e. The van der Waals surface area contributed by atoms with E-state index in [4.69, 9.17) is 10.5 Å². The fourth-order valence-electron chi connectivity index (χ4n) is 1.80. The number of aliphatic hydroxyl groups excluding tert-OH is 1. The monoisotopic (exact) mass is 261 g/mol. The predicted octanol–water partition coefficient (Wildman–Crippen LogP) is 2.83. The summed E-state index contributed by atoms with van der Waals surface area (Å²) in [7, 11) is 0. The molecule has 0 aliphatic heterocycles. The molecular formula is C15H16FNO2. The number of para-hydroxylation sites is 1. The van der Waals surface area contributed by atoms with E-state index < -0.39 is 6.10 Å². The molecule has 0 aliphatic rings. The Kier molecular flexibility index (Phi) is 4.02. The van der Waals surface area contributed by atoms with E-state index in [1.807, 2.05) is 6.92 Å². The van der Waals surface area contributed by atoms with Gasteiger partial charge in [-0.2, -0.15) is 0 Å². The van der Waals surface area contributed by atoms with Crippen molar-refractivity contribution in [2.75, 3.05) is 12.3 Å². The van der Waals surface area contributed by atoms with Gasteiger partial charge >= 0.3 is 0 Å². The van der Waals surface area contributed by atoms with Gasteiger partial charge in [0, 0.05) is 17.3 Å². The van der Waals surface area contributed by atoms with Crippen molar-refractivity contribution in [3.8, 4) is 5.75 Å². The van der Waals surface area contributed by atoms with E-state index in [1.54, 1.807) is 30.3 Å². The first-order valence-electron chi connectivity index (χ1n) is 5.99. The van der Waals surface area contributed by atoms with Crippen LogP contribution in [0.3, 0.4) is 0 Å². The van der Waals surface area contributed by atoms with Crippen LogP contribution in [0.25, 0.3) is 0 Å². The molecule has 0 aromatic heterocycles. The topological polar surface area (TPSA) is 55.5 Å². The lowest BCUT2D eigenvalue weighted by atomic mass is 10.1. The Balaban J connectivity index is 2.06. The van der Waals surface area contributed by atoms with E-state index in [1.165, 1.54) is 12.1 Å². The number of halogens is 1. The van der Waals surface area contributed by atoms with Gasteiger partial charge in [-0.15, -0.1) is 0 Å². The first-order valence-corrected chi connectivity index (χ1v) is 5.99. The van der Waals surface area contributed by atoms with Gasteiger partial charge in [-0.1, -0.05) is 24.3 Å². The van der Waals surface area contributed by atoms with Crippen LogP contribution in [-0.4, -0.2) is 11.7 Å². The van der Waals surface area contributed by atoms with E-state index in [-0.39, 0.29) is 12.4 Å². The summed E-state index contributed by atoms with van der Waals surface area (Å²) in [5.74, 6) is 0.0582. The van der Waals surface area contributed by atoms with Gasteiger partial charge in [0.1, 0.15) is 24.3 Å². The van der Waals surface area contributed by atoms with Crippen molar-refractivity contribution >= 4 is 5.69 Å². The highest BCUT2D eigenvalue weighted by molar-refractivity contribution is 5.47. The second kappa shape index (κ2) is 5.71. The number of benzene rings is 2. The molecule has 1 atom stereocenters. The summed E-state index contributed by atoms with van der Waals surface area (Å²) in [6, 6.07) is 11.3. The van der Waals surface area contributed by atoms with Crippen LogP contribution in [-0.2, 0) is 0 Å². The molecule has 0 saturated carbocycles. The highest BCUT2D eigenvalue weighted by atomic mass is 19.1. The summed E-state index contributed by atoms with van der Waals surface area (Å²) < 4.78 is 18.5. The Bertz CT molecular complexity index is 572. The SMILES string of the molecule is Cc1ccc(F)cc1OCC(O)c1ccccc1N. The molecule has 0 amide bonds. The van der Waals surface area contributed by atoms with Gasteiger partial charge < -0.3 is 15.6 Å². The maximum absolute atomic E-state index is 13.1. The average molecular weight is 261 g/mol. The quantitative estimate of drug-likeness (QED) is 0.832. The smallest absolute Gasteiger partial charge is 0.126 e. The van der Waals surface area contributed by atoms with Crippen LogP contribution >= 0.6 is 0 Å². The zero-order valence-corrected chi connectivity index (χ0v) is 10.6. The van der Waals surface area contributed by atoms with E-state index in [9.17, 15) is 9.50 Å². The van der Waals surface area contributed by atoms with E-state index in [0.29, 0.717) is 17.0 Å². The van der Waals surface area contributed by atoms with Crippen LogP contribution in [0.1, 0.15) is 17.2 Å². The highest BCUT2D eigenvalue weighted by Crippen LogP contribution is 2.23. The van der Waals surface area contributed by atoms with Gasteiger partial charge in [-0.3, -0.25) is 0 Å². The van der Waals surface area contributed by atoms with Crippen LogP contribution in [0.5, 0.6) is 5.75 Å². The predicted molar refractivity (Wildman–Crippen MR) is 72.4 cm³/mol. The standard InChI is InChI=1S/C15H16FNO2/c1-10-6-7-11(16)8-15(10)19-9-14(18)12-4-2-3-5-13(12)17/h2-8,14,18H,9,17H2,1H3. The Labute approximate surface area is 111 Å². The van der Waals surface area contributed by atoms with Crippen molar-refractivity contribution in [3.05, 3.63) is 59.4 Å². The number of hydrogen-bond donors (Lipinski definition) is 2. The Morgan fingerprint density at radius 3 is 2.74 bits per heavy atom. The highest BCUT2D eigenvalue weighted by Gasteiger charge is 2.12. The molecule has 3 N–H and O–H groups in total. The zero-order valence-electron chi connectivity index (χ0n) is 10.6. The molecule has 2 rings (SSSR count). The van der Waals surface area contributed by atoms with Crippen LogP contribution < -0.4 is 10.5 Å². The number of aryl methyl sites for hydroxylation is 1. The summed E-state index contributed by atoms with van der Waals surface area (Å²) in [5, 5.41) is 10.0. The first-order chi connectivity index (χ1) is 9.08. The third kappa shape index (κ3) is 3.23. The van der Waals surface area contributed by atoms with Crippen molar-refractivity contribution in [3.63, 3.8) is 0 Å². The molecule has 0 bridgehead atoms. The molecule has 0 saturated heterocycles. The second-order valence-corrected chi connectivity index (χ2v) is 4.37. The molecule has 1 unspecified atom stereocenters. The average Bonchev–Trinajstić information content (AvgIpc) is 2.40. The second-order valence-electron chi connectivity index (χ2n) is 4.37. The van der Waals surface area contributed by atoms with Gasteiger partial charge in [0.25, 0.3) is 0 Å². The fraction of sp³-hybridized carbons (Fsp3) is 0.200. The van der Waals surface area contributed by atoms with Crippen molar-refractivity contribution in [1.82, 2.24) is 0 Å². The van der Waals surface area contributed by atoms with Gasteiger partial charge in [0.2, 0.25) is 0 Å². The summed E-state index contributed by atoms with van der Waals surface area (Å²) in [5.41, 5.74) is 7.70. The third-order valence-corrected chi connectivity index (χ3v) is 2.90. The molecular weight excluding hydrogens is 245 g/mol. The Morgan fingerprint density at radius 2 is 2.00 bits per heavy atom. The summed E-state index contributed by atoms with van der Waals surface area (Å²) in [6.45, 7) is 1.84. The summed E-state index contributed by atoms with van der Waals surface area (Å²) in [4.78, 5) is 0. The van der Waals surface area contributed by atoms with Crippen LogP contribution in [0.4, 0.5) is 10.1 Å². The van der Waals surface area contributed by atoms with Gasteiger partial charge in [0.15, 0.2) is 0 Å². The van der Waals surface area contributed by atoms with Gasteiger partial charge in [0.05, 0.1) is 0 Å². The number of hydrogen-bond acceptors (Lipinski definition) is 3. The molecule has 0 aliphatic carbocycles. The molecule has 0 fully saturated rings. The molecule has 2 aromatic carbocycles. The van der Waals surface area contributed by atoms with Gasteiger partial charge in [-0.05, 0) is 24.6 Å². The fourth-order valence-corrected chi connectivity index (χ4v) is 1.80. The minimum absolute atomic E-state index is 0.0263. The Hall–Kier alpha value is -2.07. The number of aliphatic hydroxyl groups is 1. The number of ether oxygens (including phenoxy) is 1. The number of rotatable bonds is 4.